The Balaban J connectivity index is 2.19. The van der Waals surface area contributed by atoms with Gasteiger partial charge in [-0.3, -0.25) is 0 Å². The lowest BCUT2D eigenvalue weighted by atomic mass is 10.3. The van der Waals surface area contributed by atoms with Crippen molar-refractivity contribution in [3.05, 3.63) is 47.3 Å². The van der Waals surface area contributed by atoms with Crippen molar-refractivity contribution in [2.75, 3.05) is 5.75 Å². The fraction of sp³-hybridized carbons (Fsp3) is 0.375. The van der Waals surface area contributed by atoms with E-state index in [0.29, 0.717) is 17.4 Å². The van der Waals surface area contributed by atoms with Gasteiger partial charge in [0.05, 0.1) is 10.9 Å². The molecule has 0 aliphatic heterocycles. The van der Waals surface area contributed by atoms with Crippen molar-refractivity contribution in [1.82, 2.24) is 19.5 Å². The molecule has 6 nitrogen and oxygen atoms in total. The number of hydrogen-bond donors (Lipinski definition) is 1. The van der Waals surface area contributed by atoms with E-state index < -0.39 is 16.1 Å². The average Bonchev–Trinajstić information content (AvgIpc) is 2.98. The number of nitrogens with zero attached hydrogens (tertiary/aromatic N) is 3. The van der Waals surface area contributed by atoms with Crippen LogP contribution in [0, 0.1) is 0 Å². The molecule has 0 saturated heterocycles. The third-order valence-electron chi connectivity index (χ3n) is 3.45. The number of nitrogens with one attached hydrogen (secondary N) is 1. The van der Waals surface area contributed by atoms with Crippen LogP contribution in [0.2, 0.25) is 5.02 Å². The number of halogens is 1. The molecule has 136 valence electrons. The SMILES string of the molecule is C/C=C/CSc1nnc([C@@H](C)NS(=O)(=O)c2ccc(Cl)cc2)n1CC. The third kappa shape index (κ3) is 5.07. The minimum Gasteiger partial charge on any atom is -0.305 e. The normalized spacial score (nSPS) is 13.4. The maximum absolute atomic E-state index is 12.5. The Morgan fingerprint density at radius 3 is 2.60 bits per heavy atom. The molecule has 0 fully saturated rings. The van der Waals surface area contributed by atoms with Crippen LogP contribution in [0.4, 0.5) is 0 Å². The van der Waals surface area contributed by atoms with Crippen LogP contribution in [0.25, 0.3) is 0 Å². The monoisotopic (exact) mass is 400 g/mol. The highest BCUT2D eigenvalue weighted by molar-refractivity contribution is 7.99. The highest BCUT2D eigenvalue weighted by Crippen LogP contribution is 2.22. The highest BCUT2D eigenvalue weighted by Gasteiger charge is 2.23. The summed E-state index contributed by atoms with van der Waals surface area (Å²) >= 11 is 7.37. The Hall–Kier alpha value is -1.35. The standard InChI is InChI=1S/C16H21ClN4O2S2/c1-4-6-11-24-16-19-18-15(21(16)5-2)12(3)20-25(22,23)14-9-7-13(17)8-10-14/h4,6-10,12,20H,5,11H2,1-3H3/b6-4+/t12-/m1/s1. The maximum Gasteiger partial charge on any atom is 0.241 e. The van der Waals surface area contributed by atoms with Crippen molar-refractivity contribution in [2.45, 2.75) is 43.4 Å². The molecule has 0 bridgehead atoms. The summed E-state index contributed by atoms with van der Waals surface area (Å²) in [5.74, 6) is 1.38. The first-order valence-corrected chi connectivity index (χ1v) is 10.7. The lowest BCUT2D eigenvalue weighted by molar-refractivity contribution is 0.539. The number of aromatic nitrogens is 3. The molecule has 0 saturated carbocycles. The fourth-order valence-corrected chi connectivity index (χ4v) is 4.45. The van der Waals surface area contributed by atoms with Crippen molar-refractivity contribution >= 4 is 33.4 Å². The first kappa shape index (κ1) is 20.0. The lowest BCUT2D eigenvalue weighted by Crippen LogP contribution is -2.29. The van der Waals surface area contributed by atoms with Crippen molar-refractivity contribution < 1.29 is 8.42 Å². The first-order chi connectivity index (χ1) is 11.9. The van der Waals surface area contributed by atoms with Crippen molar-refractivity contribution in [1.29, 1.82) is 0 Å². The van der Waals surface area contributed by atoms with E-state index in [-0.39, 0.29) is 4.90 Å². The van der Waals surface area contributed by atoms with Gasteiger partial charge in [-0.15, -0.1) is 10.2 Å². The predicted octanol–water partition coefficient (Wildman–Crippen LogP) is 3.66. The molecule has 1 aromatic carbocycles. The summed E-state index contributed by atoms with van der Waals surface area (Å²) in [7, 11) is -3.67. The summed E-state index contributed by atoms with van der Waals surface area (Å²) in [5.41, 5.74) is 0. The van der Waals surface area contributed by atoms with Crippen LogP contribution in [0.15, 0.2) is 46.5 Å². The van der Waals surface area contributed by atoms with Gasteiger partial charge >= 0.3 is 0 Å². The van der Waals surface area contributed by atoms with Crippen LogP contribution in [0.3, 0.4) is 0 Å². The van der Waals surface area contributed by atoms with Gasteiger partial charge < -0.3 is 4.57 Å². The number of benzene rings is 1. The summed E-state index contributed by atoms with van der Waals surface area (Å²) in [6.07, 6.45) is 4.01. The molecule has 0 spiro atoms. The molecule has 0 amide bonds. The van der Waals surface area contributed by atoms with Crippen LogP contribution in [0.5, 0.6) is 0 Å². The van der Waals surface area contributed by atoms with Crippen molar-refractivity contribution in [3.8, 4) is 0 Å². The summed E-state index contributed by atoms with van der Waals surface area (Å²) in [6, 6.07) is 5.53. The molecule has 1 aromatic heterocycles. The first-order valence-electron chi connectivity index (χ1n) is 7.84. The zero-order valence-electron chi connectivity index (χ0n) is 14.3. The quantitative estimate of drug-likeness (QED) is 0.540. The second kappa shape index (κ2) is 8.84. The second-order valence-corrected chi connectivity index (χ2v) is 8.40. The van der Waals surface area contributed by atoms with Crippen molar-refractivity contribution in [3.63, 3.8) is 0 Å². The highest BCUT2D eigenvalue weighted by atomic mass is 35.5. The Kier molecular flexibility index (Phi) is 7.06. The summed E-state index contributed by atoms with van der Waals surface area (Å²) in [6.45, 7) is 6.36. The van der Waals surface area contributed by atoms with E-state index >= 15 is 0 Å². The minimum absolute atomic E-state index is 0.161. The zero-order chi connectivity index (χ0) is 18.4. The molecule has 0 aliphatic carbocycles. The Bertz CT molecular complexity index is 832. The molecule has 25 heavy (non-hydrogen) atoms. The Morgan fingerprint density at radius 2 is 2.00 bits per heavy atom. The van der Waals surface area contributed by atoms with E-state index in [1.807, 2.05) is 30.6 Å². The topological polar surface area (TPSA) is 76.9 Å². The van der Waals surface area contributed by atoms with E-state index in [9.17, 15) is 8.42 Å². The molecule has 1 N–H and O–H groups in total. The van der Waals surface area contributed by atoms with Gasteiger partial charge in [-0.25, -0.2) is 13.1 Å². The van der Waals surface area contributed by atoms with E-state index in [4.69, 9.17) is 11.6 Å². The summed E-state index contributed by atoms with van der Waals surface area (Å²) in [5, 5.41) is 9.62. The maximum atomic E-state index is 12.5. The van der Waals surface area contributed by atoms with Crippen LogP contribution >= 0.6 is 23.4 Å². The van der Waals surface area contributed by atoms with Gasteiger partial charge in [0.2, 0.25) is 10.0 Å². The molecular formula is C16H21ClN4O2S2. The molecular weight excluding hydrogens is 380 g/mol. The van der Waals surface area contributed by atoms with Gasteiger partial charge in [0.25, 0.3) is 0 Å². The second-order valence-electron chi connectivity index (χ2n) is 5.26. The largest absolute Gasteiger partial charge is 0.305 e. The molecule has 1 heterocycles. The Morgan fingerprint density at radius 1 is 1.32 bits per heavy atom. The molecule has 0 aliphatic rings. The van der Waals surface area contributed by atoms with E-state index in [0.717, 1.165) is 10.9 Å². The van der Waals surface area contributed by atoms with Crippen LogP contribution < -0.4 is 4.72 Å². The van der Waals surface area contributed by atoms with Gasteiger partial charge in [-0.05, 0) is 45.0 Å². The van der Waals surface area contributed by atoms with E-state index in [2.05, 4.69) is 14.9 Å². The van der Waals surface area contributed by atoms with E-state index in [1.54, 1.807) is 30.8 Å². The summed E-state index contributed by atoms with van der Waals surface area (Å²) < 4.78 is 29.6. The van der Waals surface area contributed by atoms with Crippen LogP contribution in [0.1, 0.15) is 32.6 Å². The van der Waals surface area contributed by atoms with Gasteiger partial charge in [0, 0.05) is 17.3 Å². The number of hydrogen-bond acceptors (Lipinski definition) is 5. The predicted molar refractivity (Wildman–Crippen MR) is 101 cm³/mol. The summed E-state index contributed by atoms with van der Waals surface area (Å²) in [4.78, 5) is 0.161. The molecule has 0 unspecified atom stereocenters. The smallest absolute Gasteiger partial charge is 0.241 e. The number of rotatable bonds is 8. The molecule has 2 aromatic rings. The number of sulfonamides is 1. The Labute approximate surface area is 157 Å². The number of allylic oxidation sites excluding steroid dienone is 1. The minimum atomic E-state index is -3.67. The van der Waals surface area contributed by atoms with Gasteiger partial charge in [0.1, 0.15) is 0 Å². The van der Waals surface area contributed by atoms with E-state index in [1.165, 1.54) is 12.1 Å². The van der Waals surface area contributed by atoms with Crippen LogP contribution in [-0.2, 0) is 16.6 Å². The van der Waals surface area contributed by atoms with Gasteiger partial charge in [0.15, 0.2) is 11.0 Å². The lowest BCUT2D eigenvalue weighted by Gasteiger charge is -2.15. The zero-order valence-corrected chi connectivity index (χ0v) is 16.7. The molecule has 1 atom stereocenters. The van der Waals surface area contributed by atoms with Gasteiger partial charge in [-0.2, -0.15) is 0 Å². The molecule has 9 heteroatoms. The van der Waals surface area contributed by atoms with Crippen LogP contribution in [-0.4, -0.2) is 28.9 Å². The molecule has 2 rings (SSSR count). The van der Waals surface area contributed by atoms with Crippen molar-refractivity contribution in [2.24, 2.45) is 0 Å². The third-order valence-corrected chi connectivity index (χ3v) is 6.18. The molecule has 0 radical (unpaired) electrons. The van der Waals surface area contributed by atoms with Gasteiger partial charge in [-0.1, -0.05) is 35.5 Å². The number of thioether (sulfide) groups is 1. The average molecular weight is 401 g/mol. The fourth-order valence-electron chi connectivity index (χ4n) is 2.21.